The van der Waals surface area contributed by atoms with E-state index in [9.17, 15) is 0 Å². The van der Waals surface area contributed by atoms with Crippen molar-refractivity contribution in [2.75, 3.05) is 0 Å². The second-order valence-corrected chi connectivity index (χ2v) is 5.80. The molecule has 0 saturated heterocycles. The number of hydrogen-bond acceptors (Lipinski definition) is 2. The largest absolute Gasteiger partial charge is 0.483 e. The van der Waals surface area contributed by atoms with Crippen LogP contribution in [0.4, 0.5) is 0 Å². The highest BCUT2D eigenvalue weighted by atomic mass is 35.5. The molecule has 2 aromatic carbocycles. The molecule has 0 radical (unpaired) electrons. The quantitative estimate of drug-likeness (QED) is 0.709. The Hall–Kier alpha value is -1.71. The summed E-state index contributed by atoms with van der Waals surface area (Å²) < 4.78 is 5.91. The van der Waals surface area contributed by atoms with Crippen molar-refractivity contribution in [3.05, 3.63) is 57.8 Å². The molecule has 3 aromatic rings. The molecule has 1 heterocycles. The Bertz CT molecular complexity index is 798. The zero-order valence-corrected chi connectivity index (χ0v) is 13.2. The van der Waals surface area contributed by atoms with Gasteiger partial charge in [-0.1, -0.05) is 23.2 Å². The predicted molar refractivity (Wildman–Crippen MR) is 86.3 cm³/mol. The van der Waals surface area contributed by atoms with Crippen molar-refractivity contribution < 1.29 is 4.74 Å². The number of aromatic nitrogens is 2. The highest BCUT2D eigenvalue weighted by molar-refractivity contribution is 6.31. The standard InChI is InChI=1S/C16H14Cl2N2O/c1-9-7-12(4-5-13(9)18)21-10(2)16-19-14-6-3-11(17)8-15(14)20-16/h3-8,10H,1-2H3,(H,19,20). The summed E-state index contributed by atoms with van der Waals surface area (Å²) in [6.07, 6.45) is -0.197. The molecule has 0 amide bonds. The van der Waals surface area contributed by atoms with Gasteiger partial charge in [-0.3, -0.25) is 0 Å². The number of halogens is 2. The van der Waals surface area contributed by atoms with E-state index in [4.69, 9.17) is 27.9 Å². The lowest BCUT2D eigenvalue weighted by molar-refractivity contribution is 0.218. The van der Waals surface area contributed by atoms with Crippen LogP contribution >= 0.6 is 23.2 Å². The van der Waals surface area contributed by atoms with Gasteiger partial charge in [0, 0.05) is 10.0 Å². The van der Waals surface area contributed by atoms with E-state index < -0.39 is 0 Å². The molecule has 5 heteroatoms. The van der Waals surface area contributed by atoms with Gasteiger partial charge in [-0.25, -0.2) is 4.98 Å². The summed E-state index contributed by atoms with van der Waals surface area (Å²) >= 11 is 12.0. The summed E-state index contributed by atoms with van der Waals surface area (Å²) in [5, 5.41) is 1.41. The van der Waals surface area contributed by atoms with Gasteiger partial charge in [0.15, 0.2) is 6.10 Å². The topological polar surface area (TPSA) is 37.9 Å². The number of nitrogens with one attached hydrogen (secondary N) is 1. The van der Waals surface area contributed by atoms with E-state index in [0.29, 0.717) is 5.02 Å². The van der Waals surface area contributed by atoms with E-state index in [1.54, 1.807) is 0 Å². The number of ether oxygens (including phenoxy) is 1. The van der Waals surface area contributed by atoms with Crippen LogP contribution in [-0.4, -0.2) is 9.97 Å². The molecule has 0 saturated carbocycles. The number of H-pyrrole nitrogens is 1. The van der Waals surface area contributed by atoms with E-state index in [1.165, 1.54) is 0 Å². The average molecular weight is 321 g/mol. The molecule has 1 atom stereocenters. The van der Waals surface area contributed by atoms with E-state index in [-0.39, 0.29) is 6.10 Å². The summed E-state index contributed by atoms with van der Waals surface area (Å²) in [7, 11) is 0. The highest BCUT2D eigenvalue weighted by Gasteiger charge is 2.13. The van der Waals surface area contributed by atoms with Crippen molar-refractivity contribution in [2.45, 2.75) is 20.0 Å². The molecule has 1 unspecified atom stereocenters. The molecule has 3 nitrogen and oxygen atoms in total. The Kier molecular flexibility index (Phi) is 3.79. The number of benzene rings is 2. The third-order valence-electron chi connectivity index (χ3n) is 3.29. The van der Waals surface area contributed by atoms with Crippen LogP contribution in [-0.2, 0) is 0 Å². The Labute approximate surface area is 132 Å². The number of nitrogens with zero attached hydrogens (tertiary/aromatic N) is 1. The summed E-state index contributed by atoms with van der Waals surface area (Å²) in [4.78, 5) is 7.76. The first-order valence-corrected chi connectivity index (χ1v) is 7.36. The van der Waals surface area contributed by atoms with Gasteiger partial charge < -0.3 is 9.72 Å². The smallest absolute Gasteiger partial charge is 0.153 e. The molecule has 0 aliphatic rings. The predicted octanol–water partition coefficient (Wildman–Crippen LogP) is 5.32. The highest BCUT2D eigenvalue weighted by Crippen LogP contribution is 2.26. The fourth-order valence-electron chi connectivity index (χ4n) is 2.14. The van der Waals surface area contributed by atoms with Gasteiger partial charge in [-0.05, 0) is 55.8 Å². The van der Waals surface area contributed by atoms with E-state index in [2.05, 4.69) is 9.97 Å². The monoisotopic (exact) mass is 320 g/mol. The molecular formula is C16H14Cl2N2O. The Morgan fingerprint density at radius 1 is 1.14 bits per heavy atom. The van der Waals surface area contributed by atoms with Gasteiger partial charge in [0.25, 0.3) is 0 Å². The van der Waals surface area contributed by atoms with Gasteiger partial charge in [0.1, 0.15) is 11.6 Å². The molecule has 108 valence electrons. The van der Waals surface area contributed by atoms with Gasteiger partial charge in [0.2, 0.25) is 0 Å². The Morgan fingerprint density at radius 2 is 1.95 bits per heavy atom. The Morgan fingerprint density at radius 3 is 2.71 bits per heavy atom. The molecule has 0 aliphatic carbocycles. The lowest BCUT2D eigenvalue weighted by atomic mass is 10.2. The van der Waals surface area contributed by atoms with Crippen LogP contribution < -0.4 is 4.74 Å². The molecular weight excluding hydrogens is 307 g/mol. The Balaban J connectivity index is 1.85. The zero-order valence-electron chi connectivity index (χ0n) is 11.7. The van der Waals surface area contributed by atoms with E-state index >= 15 is 0 Å². The molecule has 1 N–H and O–H groups in total. The maximum absolute atomic E-state index is 6.02. The lowest BCUT2D eigenvalue weighted by Gasteiger charge is -2.13. The first-order chi connectivity index (χ1) is 10.0. The third-order valence-corrected chi connectivity index (χ3v) is 3.95. The van der Waals surface area contributed by atoms with Crippen molar-refractivity contribution in [1.29, 1.82) is 0 Å². The zero-order chi connectivity index (χ0) is 15.0. The minimum atomic E-state index is -0.197. The minimum Gasteiger partial charge on any atom is -0.483 e. The van der Waals surface area contributed by atoms with Crippen LogP contribution in [0.15, 0.2) is 36.4 Å². The number of imidazole rings is 1. The third kappa shape index (κ3) is 2.99. The summed E-state index contributed by atoms with van der Waals surface area (Å²) in [5.41, 5.74) is 2.76. The summed E-state index contributed by atoms with van der Waals surface area (Å²) in [6, 6.07) is 11.2. The lowest BCUT2D eigenvalue weighted by Crippen LogP contribution is -2.05. The van der Waals surface area contributed by atoms with Gasteiger partial charge >= 0.3 is 0 Å². The van der Waals surface area contributed by atoms with Crippen molar-refractivity contribution >= 4 is 34.2 Å². The molecule has 0 spiro atoms. The van der Waals surface area contributed by atoms with Crippen molar-refractivity contribution in [1.82, 2.24) is 9.97 Å². The van der Waals surface area contributed by atoms with Gasteiger partial charge in [-0.15, -0.1) is 0 Å². The van der Waals surface area contributed by atoms with Crippen LogP contribution in [0.2, 0.25) is 10.0 Å². The van der Waals surface area contributed by atoms with E-state index in [0.717, 1.165) is 33.2 Å². The summed E-state index contributed by atoms with van der Waals surface area (Å²) in [6.45, 7) is 3.90. The fraction of sp³-hybridized carbons (Fsp3) is 0.188. The second kappa shape index (κ2) is 5.58. The fourth-order valence-corrected chi connectivity index (χ4v) is 2.43. The van der Waals surface area contributed by atoms with Gasteiger partial charge in [0.05, 0.1) is 11.0 Å². The number of aromatic amines is 1. The van der Waals surface area contributed by atoms with Crippen LogP contribution in [0.25, 0.3) is 11.0 Å². The van der Waals surface area contributed by atoms with Crippen molar-refractivity contribution in [2.24, 2.45) is 0 Å². The second-order valence-electron chi connectivity index (χ2n) is 4.95. The van der Waals surface area contributed by atoms with Gasteiger partial charge in [-0.2, -0.15) is 0 Å². The van der Waals surface area contributed by atoms with E-state index in [1.807, 2.05) is 50.2 Å². The molecule has 21 heavy (non-hydrogen) atoms. The van der Waals surface area contributed by atoms with Crippen molar-refractivity contribution in [3.63, 3.8) is 0 Å². The maximum Gasteiger partial charge on any atom is 0.153 e. The van der Waals surface area contributed by atoms with Crippen LogP contribution in [0, 0.1) is 6.92 Å². The van der Waals surface area contributed by atoms with Crippen LogP contribution in [0.5, 0.6) is 5.75 Å². The normalized spacial score (nSPS) is 12.6. The number of hydrogen-bond donors (Lipinski definition) is 1. The molecule has 0 bridgehead atoms. The first-order valence-electron chi connectivity index (χ1n) is 6.61. The molecule has 3 rings (SSSR count). The summed E-state index contributed by atoms with van der Waals surface area (Å²) in [5.74, 6) is 1.53. The van der Waals surface area contributed by atoms with Crippen LogP contribution in [0.3, 0.4) is 0 Å². The average Bonchev–Trinajstić information content (AvgIpc) is 2.86. The molecule has 1 aromatic heterocycles. The SMILES string of the molecule is Cc1cc(OC(C)c2nc3ccc(Cl)cc3[nH]2)ccc1Cl. The molecule has 0 fully saturated rings. The number of fused-ring (bicyclic) bond motifs is 1. The van der Waals surface area contributed by atoms with Crippen LogP contribution in [0.1, 0.15) is 24.4 Å². The maximum atomic E-state index is 6.02. The first kappa shape index (κ1) is 14.2. The minimum absolute atomic E-state index is 0.197. The number of rotatable bonds is 3. The van der Waals surface area contributed by atoms with Crippen molar-refractivity contribution in [3.8, 4) is 5.75 Å². The number of aryl methyl sites for hydroxylation is 1. The molecule has 0 aliphatic heterocycles.